The van der Waals surface area contributed by atoms with Crippen LogP contribution >= 0.6 is 11.3 Å². The van der Waals surface area contributed by atoms with Crippen molar-refractivity contribution in [2.24, 2.45) is 0 Å². The van der Waals surface area contributed by atoms with Gasteiger partial charge in [-0.15, -0.1) is 11.3 Å². The van der Waals surface area contributed by atoms with Crippen LogP contribution in [0.1, 0.15) is 73.4 Å². The van der Waals surface area contributed by atoms with E-state index >= 15 is 0 Å². The van der Waals surface area contributed by atoms with Gasteiger partial charge in [0.15, 0.2) is 0 Å². The average molecular weight is 545 g/mol. The zero-order valence-corrected chi connectivity index (χ0v) is 22.2. The Kier molecular flexibility index (Phi) is 8.83. The van der Waals surface area contributed by atoms with Gasteiger partial charge in [-0.1, -0.05) is 18.2 Å². The monoisotopic (exact) mass is 544 g/mol. The van der Waals surface area contributed by atoms with Gasteiger partial charge in [0.2, 0.25) is 0 Å². The van der Waals surface area contributed by atoms with Crippen molar-refractivity contribution < 1.29 is 22.8 Å². The second-order valence-corrected chi connectivity index (χ2v) is 10.4. The van der Waals surface area contributed by atoms with Crippen LogP contribution in [0.2, 0.25) is 0 Å². The fourth-order valence-corrected chi connectivity index (χ4v) is 5.55. The highest BCUT2D eigenvalue weighted by Gasteiger charge is 2.33. The molecule has 0 saturated carbocycles. The van der Waals surface area contributed by atoms with E-state index in [9.17, 15) is 22.8 Å². The second-order valence-electron chi connectivity index (χ2n) is 9.56. The fraction of sp³-hybridized carbons (Fsp3) is 0.393. The number of aromatic nitrogens is 1. The van der Waals surface area contributed by atoms with Gasteiger partial charge in [-0.3, -0.25) is 9.59 Å². The van der Waals surface area contributed by atoms with E-state index in [4.69, 9.17) is 0 Å². The second kappa shape index (κ2) is 12.1. The van der Waals surface area contributed by atoms with Crippen LogP contribution in [0.15, 0.2) is 47.8 Å². The minimum absolute atomic E-state index is 0.0394. The summed E-state index contributed by atoms with van der Waals surface area (Å²) in [5, 5.41) is 8.91. The standard InChI is InChI=1S/C28H31F3N4O2S/c1-18-12-21(15-22(13-18)27(37)35-11-4-8-24(35)26-34-19(2)17-38-26)25(36)33-10-5-9-32-16-20-6-3-7-23(14-20)28(29,30)31/h3,6-7,12-15,17,24,32H,4-5,8-11,16H2,1-2H3,(H,33,36). The van der Waals surface area contributed by atoms with Crippen molar-refractivity contribution in [1.82, 2.24) is 20.5 Å². The summed E-state index contributed by atoms with van der Waals surface area (Å²) in [6.07, 6.45) is -1.97. The largest absolute Gasteiger partial charge is 0.416 e. The Balaban J connectivity index is 1.28. The van der Waals surface area contributed by atoms with Gasteiger partial charge in [-0.2, -0.15) is 13.2 Å². The number of thiazole rings is 1. The summed E-state index contributed by atoms with van der Waals surface area (Å²) in [5.74, 6) is -0.369. The summed E-state index contributed by atoms with van der Waals surface area (Å²) < 4.78 is 38.5. The highest BCUT2D eigenvalue weighted by atomic mass is 32.1. The minimum Gasteiger partial charge on any atom is -0.352 e. The van der Waals surface area contributed by atoms with Gasteiger partial charge >= 0.3 is 6.18 Å². The van der Waals surface area contributed by atoms with Crippen LogP contribution in [0.25, 0.3) is 0 Å². The lowest BCUT2D eigenvalue weighted by atomic mass is 10.0. The van der Waals surface area contributed by atoms with E-state index in [1.807, 2.05) is 24.1 Å². The number of alkyl halides is 3. The first-order valence-electron chi connectivity index (χ1n) is 12.6. The van der Waals surface area contributed by atoms with E-state index < -0.39 is 11.7 Å². The Morgan fingerprint density at radius 3 is 2.63 bits per heavy atom. The van der Waals surface area contributed by atoms with Crippen molar-refractivity contribution in [3.63, 3.8) is 0 Å². The van der Waals surface area contributed by atoms with Crippen molar-refractivity contribution in [2.75, 3.05) is 19.6 Å². The van der Waals surface area contributed by atoms with Gasteiger partial charge in [0.25, 0.3) is 11.8 Å². The molecule has 0 aliphatic carbocycles. The molecule has 2 N–H and O–H groups in total. The van der Waals surface area contributed by atoms with Crippen molar-refractivity contribution in [1.29, 1.82) is 0 Å². The van der Waals surface area contributed by atoms with Gasteiger partial charge in [-0.25, -0.2) is 4.98 Å². The van der Waals surface area contributed by atoms with Crippen LogP contribution in [0.4, 0.5) is 13.2 Å². The molecule has 10 heteroatoms. The molecule has 1 fully saturated rings. The van der Waals surface area contributed by atoms with E-state index in [1.165, 1.54) is 6.07 Å². The van der Waals surface area contributed by atoms with Crippen LogP contribution in [0.3, 0.4) is 0 Å². The Hall–Kier alpha value is -3.24. The van der Waals surface area contributed by atoms with Gasteiger partial charge in [0, 0.05) is 41.8 Å². The van der Waals surface area contributed by atoms with Crippen LogP contribution in [0.5, 0.6) is 0 Å². The minimum atomic E-state index is -4.36. The topological polar surface area (TPSA) is 74.3 Å². The summed E-state index contributed by atoms with van der Waals surface area (Å²) in [7, 11) is 0. The summed E-state index contributed by atoms with van der Waals surface area (Å²) in [4.78, 5) is 32.6. The smallest absolute Gasteiger partial charge is 0.352 e. The number of halogens is 3. The summed E-state index contributed by atoms with van der Waals surface area (Å²) in [6, 6.07) is 10.4. The molecule has 1 saturated heterocycles. The summed E-state index contributed by atoms with van der Waals surface area (Å²) in [6.45, 7) is 5.68. The van der Waals surface area contributed by atoms with Gasteiger partial charge in [-0.05, 0) is 75.0 Å². The summed E-state index contributed by atoms with van der Waals surface area (Å²) in [5.41, 5.74) is 2.56. The number of carbonyl (C=O) groups is 2. The predicted octanol–water partition coefficient (Wildman–Crippen LogP) is 5.67. The van der Waals surface area contributed by atoms with Gasteiger partial charge in [0.1, 0.15) is 5.01 Å². The third-order valence-corrected chi connectivity index (χ3v) is 7.49. The van der Waals surface area contributed by atoms with E-state index in [1.54, 1.807) is 35.6 Å². The first-order chi connectivity index (χ1) is 18.1. The lowest BCUT2D eigenvalue weighted by Gasteiger charge is -2.23. The van der Waals surface area contributed by atoms with Crippen LogP contribution in [-0.4, -0.2) is 41.3 Å². The predicted molar refractivity (Wildman–Crippen MR) is 141 cm³/mol. The maximum absolute atomic E-state index is 13.4. The van der Waals surface area contributed by atoms with Crippen LogP contribution in [0, 0.1) is 13.8 Å². The first-order valence-corrected chi connectivity index (χ1v) is 13.5. The van der Waals surface area contributed by atoms with Gasteiger partial charge in [0.05, 0.1) is 11.6 Å². The zero-order valence-electron chi connectivity index (χ0n) is 21.4. The molecule has 1 aliphatic rings. The number of carbonyl (C=O) groups excluding carboxylic acids is 2. The molecule has 1 aromatic heterocycles. The number of benzene rings is 2. The molecule has 0 bridgehead atoms. The van der Waals surface area contributed by atoms with E-state index in [0.717, 1.165) is 41.2 Å². The third-order valence-electron chi connectivity index (χ3n) is 6.42. The SMILES string of the molecule is Cc1cc(C(=O)NCCCNCc2cccc(C(F)(F)F)c2)cc(C(=O)N2CCCC2c2nc(C)cs2)c1. The molecule has 3 aromatic rings. The number of nitrogens with one attached hydrogen (secondary N) is 2. The maximum Gasteiger partial charge on any atom is 0.416 e. The molecule has 4 rings (SSSR count). The number of aryl methyl sites for hydroxylation is 2. The number of likely N-dealkylation sites (tertiary alicyclic amines) is 1. The van der Waals surface area contributed by atoms with Crippen LogP contribution in [-0.2, 0) is 12.7 Å². The Morgan fingerprint density at radius 1 is 1.11 bits per heavy atom. The molecule has 0 radical (unpaired) electrons. The van der Waals surface area contributed by atoms with Crippen molar-refractivity contribution >= 4 is 23.2 Å². The molecular weight excluding hydrogens is 513 g/mol. The first kappa shape index (κ1) is 27.8. The maximum atomic E-state index is 13.4. The molecule has 2 amide bonds. The fourth-order valence-electron chi connectivity index (χ4n) is 4.60. The Morgan fingerprint density at radius 2 is 1.89 bits per heavy atom. The normalized spacial score (nSPS) is 15.6. The van der Waals surface area contributed by atoms with Crippen molar-refractivity contribution in [3.8, 4) is 0 Å². The highest BCUT2D eigenvalue weighted by Crippen LogP contribution is 2.35. The quantitative estimate of drug-likeness (QED) is 0.341. The summed E-state index contributed by atoms with van der Waals surface area (Å²) >= 11 is 1.57. The number of amides is 2. The Bertz CT molecular complexity index is 1290. The number of hydrogen-bond acceptors (Lipinski definition) is 5. The molecule has 38 heavy (non-hydrogen) atoms. The van der Waals surface area contributed by atoms with Crippen molar-refractivity contribution in [3.05, 3.63) is 86.4 Å². The zero-order chi connectivity index (χ0) is 27.3. The highest BCUT2D eigenvalue weighted by molar-refractivity contribution is 7.09. The number of hydrogen-bond donors (Lipinski definition) is 2. The van der Waals surface area contributed by atoms with Crippen LogP contribution < -0.4 is 10.6 Å². The molecule has 0 spiro atoms. The molecule has 6 nitrogen and oxygen atoms in total. The molecule has 1 aliphatic heterocycles. The van der Waals surface area contributed by atoms with Crippen molar-refractivity contribution in [2.45, 2.75) is 51.9 Å². The molecule has 2 aromatic carbocycles. The Labute approximate surface area is 224 Å². The molecular formula is C28H31F3N4O2S. The van der Waals surface area contributed by atoms with E-state index in [0.29, 0.717) is 49.3 Å². The number of rotatable bonds is 9. The number of nitrogens with zero attached hydrogens (tertiary/aromatic N) is 2. The lowest BCUT2D eigenvalue weighted by Crippen LogP contribution is -2.31. The van der Waals surface area contributed by atoms with E-state index in [-0.39, 0.29) is 17.9 Å². The molecule has 1 atom stereocenters. The molecule has 2 heterocycles. The third kappa shape index (κ3) is 6.99. The molecule has 202 valence electrons. The molecule has 1 unspecified atom stereocenters. The average Bonchev–Trinajstić information content (AvgIpc) is 3.54. The lowest BCUT2D eigenvalue weighted by molar-refractivity contribution is -0.137. The van der Waals surface area contributed by atoms with E-state index in [2.05, 4.69) is 15.6 Å². The van der Waals surface area contributed by atoms with Gasteiger partial charge < -0.3 is 15.5 Å².